The van der Waals surface area contributed by atoms with Crippen LogP contribution in [0.3, 0.4) is 0 Å². The van der Waals surface area contributed by atoms with E-state index in [1.807, 2.05) is 26.0 Å². The normalized spacial score (nSPS) is 22.1. The second kappa shape index (κ2) is 9.94. The summed E-state index contributed by atoms with van der Waals surface area (Å²) in [6, 6.07) is 14.1. The Morgan fingerprint density at radius 1 is 1.21 bits per heavy atom. The van der Waals surface area contributed by atoms with Crippen molar-refractivity contribution in [3.63, 3.8) is 0 Å². The lowest BCUT2D eigenvalue weighted by Crippen LogP contribution is -2.42. The molecule has 158 valence electrons. The van der Waals surface area contributed by atoms with Crippen LogP contribution in [0.15, 0.2) is 51.9 Å². The van der Waals surface area contributed by atoms with Crippen molar-refractivity contribution in [3.8, 4) is 0 Å². The van der Waals surface area contributed by atoms with E-state index in [-0.39, 0.29) is 12.6 Å². The Hall–Kier alpha value is -2.31. The van der Waals surface area contributed by atoms with Crippen LogP contribution in [0, 0.1) is 12.8 Å². The molecule has 29 heavy (non-hydrogen) atoms. The van der Waals surface area contributed by atoms with Gasteiger partial charge in [0.15, 0.2) is 5.96 Å². The molecule has 1 aliphatic heterocycles. The zero-order valence-corrected chi connectivity index (χ0v) is 17.6. The Morgan fingerprint density at radius 3 is 2.69 bits per heavy atom. The first-order valence-corrected chi connectivity index (χ1v) is 10.5. The molecule has 6 nitrogen and oxygen atoms in total. The first-order chi connectivity index (χ1) is 14.0. The Bertz CT molecular complexity index is 786. The van der Waals surface area contributed by atoms with E-state index < -0.39 is 5.60 Å². The van der Waals surface area contributed by atoms with Crippen molar-refractivity contribution >= 4 is 5.96 Å². The third-order valence-corrected chi connectivity index (χ3v) is 5.27. The number of aryl methyl sites for hydroxylation is 1. The fourth-order valence-corrected chi connectivity index (χ4v) is 3.67. The summed E-state index contributed by atoms with van der Waals surface area (Å²) < 4.78 is 11.7. The molecule has 0 spiro atoms. The Morgan fingerprint density at radius 2 is 2.00 bits per heavy atom. The van der Waals surface area contributed by atoms with Crippen LogP contribution in [0.25, 0.3) is 0 Å². The molecule has 0 saturated carbocycles. The number of benzene rings is 1. The zero-order chi connectivity index (χ0) is 20.7. The number of rotatable bonds is 7. The maximum absolute atomic E-state index is 10.7. The third-order valence-electron chi connectivity index (χ3n) is 5.27. The van der Waals surface area contributed by atoms with Gasteiger partial charge in [0.2, 0.25) is 0 Å². The van der Waals surface area contributed by atoms with E-state index in [9.17, 15) is 5.11 Å². The minimum Gasteiger partial charge on any atom is -0.463 e. The molecule has 1 aliphatic rings. The summed E-state index contributed by atoms with van der Waals surface area (Å²) in [5.74, 6) is 2.36. The number of nitrogens with one attached hydrogen (secondary N) is 2. The predicted molar refractivity (Wildman–Crippen MR) is 115 cm³/mol. The van der Waals surface area contributed by atoms with Crippen LogP contribution < -0.4 is 10.6 Å². The van der Waals surface area contributed by atoms with Gasteiger partial charge in [-0.2, -0.15) is 0 Å². The molecule has 0 bridgehead atoms. The molecule has 6 heteroatoms. The van der Waals surface area contributed by atoms with Crippen LogP contribution in [0.1, 0.15) is 49.9 Å². The third kappa shape index (κ3) is 5.84. The molecular formula is C23H33N3O3. The molecule has 3 N–H and O–H groups in total. The monoisotopic (exact) mass is 399 g/mol. The largest absolute Gasteiger partial charge is 0.463 e. The molecule has 3 atom stereocenters. The van der Waals surface area contributed by atoms with E-state index in [1.165, 1.54) is 5.56 Å². The van der Waals surface area contributed by atoms with Gasteiger partial charge in [-0.05, 0) is 51.3 Å². The average Bonchev–Trinajstić information content (AvgIpc) is 3.18. The van der Waals surface area contributed by atoms with Gasteiger partial charge in [-0.3, -0.25) is 0 Å². The maximum atomic E-state index is 10.7. The van der Waals surface area contributed by atoms with Gasteiger partial charge in [-0.15, -0.1) is 0 Å². The van der Waals surface area contributed by atoms with E-state index in [0.29, 0.717) is 17.6 Å². The Balaban J connectivity index is 1.64. The van der Waals surface area contributed by atoms with Gasteiger partial charge in [-0.25, -0.2) is 4.99 Å². The lowest BCUT2D eigenvalue weighted by Gasteiger charge is -2.32. The van der Waals surface area contributed by atoms with E-state index in [0.717, 1.165) is 38.3 Å². The van der Waals surface area contributed by atoms with Gasteiger partial charge in [0.1, 0.15) is 17.1 Å². The van der Waals surface area contributed by atoms with Gasteiger partial charge in [-0.1, -0.05) is 30.3 Å². The number of hydrogen-bond acceptors (Lipinski definition) is 4. The molecule has 2 heterocycles. The number of aliphatic imine (C=N–C) groups is 1. The van der Waals surface area contributed by atoms with Crippen LogP contribution in [-0.2, 0) is 10.3 Å². The summed E-state index contributed by atoms with van der Waals surface area (Å²) in [5.41, 5.74) is 0.0639. The van der Waals surface area contributed by atoms with Crippen molar-refractivity contribution < 1.29 is 14.3 Å². The highest BCUT2D eigenvalue weighted by molar-refractivity contribution is 5.79. The number of furan rings is 1. The molecule has 2 aromatic rings. The molecule has 3 rings (SSSR count). The first-order valence-electron chi connectivity index (χ1n) is 10.5. The summed E-state index contributed by atoms with van der Waals surface area (Å²) in [7, 11) is 0. The fraction of sp³-hybridized carbons (Fsp3) is 0.522. The van der Waals surface area contributed by atoms with E-state index in [4.69, 9.17) is 9.15 Å². The molecule has 1 aromatic heterocycles. The molecule has 3 unspecified atom stereocenters. The lowest BCUT2D eigenvalue weighted by molar-refractivity contribution is -0.0265. The predicted octanol–water partition coefficient (Wildman–Crippen LogP) is 3.52. The molecule has 0 aliphatic carbocycles. The van der Waals surface area contributed by atoms with Crippen molar-refractivity contribution in [3.05, 3.63) is 59.5 Å². The van der Waals surface area contributed by atoms with Gasteiger partial charge in [0.25, 0.3) is 0 Å². The molecular weight excluding hydrogens is 366 g/mol. The average molecular weight is 400 g/mol. The number of ether oxygens (including phenoxy) is 1. The van der Waals surface area contributed by atoms with Crippen molar-refractivity contribution in [1.29, 1.82) is 0 Å². The van der Waals surface area contributed by atoms with Crippen molar-refractivity contribution in [2.24, 2.45) is 10.9 Å². The van der Waals surface area contributed by atoms with Crippen molar-refractivity contribution in [2.75, 3.05) is 26.2 Å². The lowest BCUT2D eigenvalue weighted by atomic mass is 9.89. The van der Waals surface area contributed by atoms with Gasteiger partial charge in [0.05, 0.1) is 12.6 Å². The van der Waals surface area contributed by atoms with Crippen LogP contribution in [0.2, 0.25) is 0 Å². The van der Waals surface area contributed by atoms with Crippen molar-refractivity contribution in [2.45, 2.75) is 45.3 Å². The van der Waals surface area contributed by atoms with Gasteiger partial charge < -0.3 is 24.9 Å². The van der Waals surface area contributed by atoms with Crippen LogP contribution >= 0.6 is 0 Å². The minimum absolute atomic E-state index is 0.0922. The number of guanidine groups is 1. The van der Waals surface area contributed by atoms with E-state index >= 15 is 0 Å². The summed E-state index contributed by atoms with van der Waals surface area (Å²) in [5, 5.41) is 17.4. The standard InChI is InChI=1S/C23H33N3O3/c1-4-24-22(26-16-23(3,27)20-13-12-17(2)29-20)25-15-19-11-8-14-28-21(19)18-9-6-5-7-10-18/h5-7,9-10,12-13,19,21,27H,4,8,11,14-16H2,1-3H3,(H2,24,25,26). The summed E-state index contributed by atoms with van der Waals surface area (Å²) in [4.78, 5) is 4.60. The second-order valence-electron chi connectivity index (χ2n) is 7.86. The quantitative estimate of drug-likeness (QED) is 0.490. The van der Waals surface area contributed by atoms with Crippen LogP contribution in [0.4, 0.5) is 0 Å². The zero-order valence-electron chi connectivity index (χ0n) is 17.6. The maximum Gasteiger partial charge on any atom is 0.191 e. The summed E-state index contributed by atoms with van der Waals surface area (Å²) >= 11 is 0. The highest BCUT2D eigenvalue weighted by Crippen LogP contribution is 2.33. The number of aliphatic hydroxyl groups is 1. The summed E-state index contributed by atoms with van der Waals surface area (Å²) in [6.07, 6.45) is 2.26. The summed E-state index contributed by atoms with van der Waals surface area (Å²) in [6.45, 7) is 8.13. The number of hydrogen-bond donors (Lipinski definition) is 3. The van der Waals surface area contributed by atoms with Gasteiger partial charge in [0, 0.05) is 25.6 Å². The van der Waals surface area contributed by atoms with Crippen LogP contribution in [-0.4, -0.2) is 37.3 Å². The molecule has 1 saturated heterocycles. The topological polar surface area (TPSA) is 79.0 Å². The highest BCUT2D eigenvalue weighted by atomic mass is 16.5. The Labute approximate surface area is 173 Å². The van der Waals surface area contributed by atoms with E-state index in [1.54, 1.807) is 13.0 Å². The highest BCUT2D eigenvalue weighted by Gasteiger charge is 2.29. The minimum atomic E-state index is -1.16. The first kappa shape index (κ1) is 21.4. The second-order valence-corrected chi connectivity index (χ2v) is 7.86. The van der Waals surface area contributed by atoms with Crippen molar-refractivity contribution in [1.82, 2.24) is 10.6 Å². The molecule has 0 amide bonds. The van der Waals surface area contributed by atoms with E-state index in [2.05, 4.69) is 39.9 Å². The van der Waals surface area contributed by atoms with Gasteiger partial charge >= 0.3 is 0 Å². The molecule has 1 fully saturated rings. The Kier molecular flexibility index (Phi) is 7.34. The smallest absolute Gasteiger partial charge is 0.191 e. The fourth-order valence-electron chi connectivity index (χ4n) is 3.67. The number of nitrogens with zero attached hydrogens (tertiary/aromatic N) is 1. The van der Waals surface area contributed by atoms with Crippen LogP contribution in [0.5, 0.6) is 0 Å². The molecule has 0 radical (unpaired) electrons. The SMILES string of the molecule is CCNC(=NCC(C)(O)c1ccc(C)o1)NCC1CCCOC1c1ccccc1. The molecule has 1 aromatic carbocycles.